The molecule has 2 aliphatic heterocycles. The molecule has 0 fully saturated rings. The Labute approximate surface area is 144 Å². The van der Waals surface area contributed by atoms with Gasteiger partial charge < -0.3 is 29.0 Å². The summed E-state index contributed by atoms with van der Waals surface area (Å²) in [5, 5.41) is 2.89. The Bertz CT molecular complexity index is 806. The summed E-state index contributed by atoms with van der Waals surface area (Å²) < 4.78 is 26.7. The second-order valence-corrected chi connectivity index (χ2v) is 5.71. The van der Waals surface area contributed by atoms with Crippen molar-refractivity contribution in [3.05, 3.63) is 42.0 Å². The quantitative estimate of drug-likeness (QED) is 0.898. The number of benzene rings is 2. The molecule has 0 saturated carbocycles. The van der Waals surface area contributed by atoms with Crippen LogP contribution in [0.4, 0.5) is 0 Å². The van der Waals surface area contributed by atoms with Crippen LogP contribution in [0.1, 0.15) is 18.5 Å². The molecule has 25 heavy (non-hydrogen) atoms. The van der Waals surface area contributed by atoms with Crippen molar-refractivity contribution >= 4 is 5.91 Å². The molecule has 0 spiro atoms. The van der Waals surface area contributed by atoms with Crippen LogP contribution in [0.3, 0.4) is 0 Å². The minimum absolute atomic E-state index is 0.0888. The molecule has 2 aromatic carbocycles. The van der Waals surface area contributed by atoms with Crippen LogP contribution in [0.5, 0.6) is 28.7 Å². The summed E-state index contributed by atoms with van der Waals surface area (Å²) in [6.45, 7) is 2.24. The fourth-order valence-corrected chi connectivity index (χ4v) is 2.66. The lowest BCUT2D eigenvalue weighted by atomic mass is 10.1. The predicted molar refractivity (Wildman–Crippen MR) is 87.2 cm³/mol. The average molecular weight is 343 g/mol. The Kier molecular flexibility index (Phi) is 3.97. The van der Waals surface area contributed by atoms with Gasteiger partial charge in [0.25, 0.3) is 5.91 Å². The molecule has 0 radical (unpaired) electrons. The van der Waals surface area contributed by atoms with Gasteiger partial charge in [0.15, 0.2) is 29.6 Å². The number of hydrogen-bond donors (Lipinski definition) is 1. The zero-order chi connectivity index (χ0) is 17.2. The molecule has 0 aliphatic carbocycles. The Morgan fingerprint density at radius 1 is 1.00 bits per heavy atom. The molecular weight excluding hydrogens is 326 g/mol. The van der Waals surface area contributed by atoms with Crippen LogP contribution in [-0.4, -0.2) is 26.1 Å². The Balaban J connectivity index is 1.32. The van der Waals surface area contributed by atoms with Crippen molar-refractivity contribution in [3.63, 3.8) is 0 Å². The lowest BCUT2D eigenvalue weighted by Gasteiger charge is -2.15. The van der Waals surface area contributed by atoms with Gasteiger partial charge in [0.05, 0.1) is 6.04 Å². The lowest BCUT2D eigenvalue weighted by Crippen LogP contribution is -2.31. The van der Waals surface area contributed by atoms with Gasteiger partial charge in [0.2, 0.25) is 13.6 Å². The molecule has 2 heterocycles. The Hall–Kier alpha value is -3.09. The van der Waals surface area contributed by atoms with E-state index in [0.29, 0.717) is 28.7 Å². The second-order valence-electron chi connectivity index (χ2n) is 5.71. The number of carbonyl (C=O) groups is 1. The zero-order valence-corrected chi connectivity index (χ0v) is 13.6. The summed E-state index contributed by atoms with van der Waals surface area (Å²) in [6, 6.07) is 10.6. The first kappa shape index (κ1) is 15.4. The molecule has 1 unspecified atom stereocenters. The van der Waals surface area contributed by atoms with Crippen LogP contribution >= 0.6 is 0 Å². The predicted octanol–water partition coefficient (Wildman–Crippen LogP) is 2.40. The molecule has 130 valence electrons. The maximum absolute atomic E-state index is 12.1. The summed E-state index contributed by atoms with van der Waals surface area (Å²) in [5.41, 5.74) is 0.931. The van der Waals surface area contributed by atoms with E-state index in [9.17, 15) is 4.79 Å². The molecule has 1 N–H and O–H groups in total. The van der Waals surface area contributed by atoms with E-state index < -0.39 is 0 Å². The zero-order valence-electron chi connectivity index (χ0n) is 13.6. The molecule has 0 bridgehead atoms. The number of ether oxygens (including phenoxy) is 5. The van der Waals surface area contributed by atoms with Crippen LogP contribution in [-0.2, 0) is 4.79 Å². The highest BCUT2D eigenvalue weighted by molar-refractivity contribution is 5.78. The molecule has 7 nitrogen and oxygen atoms in total. The van der Waals surface area contributed by atoms with Gasteiger partial charge >= 0.3 is 0 Å². The third-order valence-electron chi connectivity index (χ3n) is 3.99. The Morgan fingerprint density at radius 2 is 1.64 bits per heavy atom. The number of rotatable bonds is 5. The lowest BCUT2D eigenvalue weighted by molar-refractivity contribution is -0.123. The van der Waals surface area contributed by atoms with Crippen LogP contribution < -0.4 is 29.0 Å². The van der Waals surface area contributed by atoms with E-state index in [1.807, 2.05) is 25.1 Å². The third-order valence-corrected chi connectivity index (χ3v) is 3.99. The molecule has 1 atom stereocenters. The first-order valence-corrected chi connectivity index (χ1v) is 7.90. The molecule has 1 amide bonds. The molecule has 2 aliphatic rings. The molecule has 0 saturated heterocycles. The maximum Gasteiger partial charge on any atom is 0.258 e. The van der Waals surface area contributed by atoms with Gasteiger partial charge in [0, 0.05) is 6.07 Å². The standard InChI is InChI=1S/C18H17NO6/c1-11(12-2-4-14-16(6-12)24-9-22-14)19-18(20)8-21-13-3-5-15-17(7-13)25-10-23-15/h2-7,11H,8-10H2,1H3,(H,19,20). The summed E-state index contributed by atoms with van der Waals surface area (Å²) in [7, 11) is 0. The van der Waals surface area contributed by atoms with E-state index in [1.165, 1.54) is 0 Å². The Morgan fingerprint density at radius 3 is 2.40 bits per heavy atom. The monoisotopic (exact) mass is 343 g/mol. The van der Waals surface area contributed by atoms with E-state index in [-0.39, 0.29) is 32.1 Å². The number of hydrogen-bond acceptors (Lipinski definition) is 6. The minimum Gasteiger partial charge on any atom is -0.484 e. The van der Waals surface area contributed by atoms with Gasteiger partial charge in [-0.1, -0.05) is 6.07 Å². The summed E-state index contributed by atoms with van der Waals surface area (Å²) in [4.78, 5) is 12.1. The van der Waals surface area contributed by atoms with Crippen LogP contribution in [0.15, 0.2) is 36.4 Å². The molecule has 4 rings (SSSR count). The number of carbonyl (C=O) groups excluding carboxylic acids is 1. The van der Waals surface area contributed by atoms with Crippen molar-refractivity contribution in [2.24, 2.45) is 0 Å². The summed E-state index contributed by atoms with van der Waals surface area (Å²) >= 11 is 0. The van der Waals surface area contributed by atoms with Crippen molar-refractivity contribution < 1.29 is 28.5 Å². The average Bonchev–Trinajstić information content (AvgIpc) is 3.27. The highest BCUT2D eigenvalue weighted by Crippen LogP contribution is 2.35. The van der Waals surface area contributed by atoms with E-state index >= 15 is 0 Å². The number of fused-ring (bicyclic) bond motifs is 2. The fraction of sp³-hybridized carbons (Fsp3) is 0.278. The summed E-state index contributed by atoms with van der Waals surface area (Å²) in [5.74, 6) is 3.03. The number of amides is 1. The first-order chi connectivity index (χ1) is 12.2. The van der Waals surface area contributed by atoms with Crippen LogP contribution in [0.25, 0.3) is 0 Å². The first-order valence-electron chi connectivity index (χ1n) is 7.90. The van der Waals surface area contributed by atoms with Crippen molar-refractivity contribution in [2.45, 2.75) is 13.0 Å². The van der Waals surface area contributed by atoms with Gasteiger partial charge in [-0.3, -0.25) is 4.79 Å². The molecular formula is C18H17NO6. The van der Waals surface area contributed by atoms with Gasteiger partial charge in [-0.25, -0.2) is 0 Å². The van der Waals surface area contributed by atoms with E-state index in [2.05, 4.69) is 5.32 Å². The van der Waals surface area contributed by atoms with Gasteiger partial charge in [-0.05, 0) is 36.8 Å². The largest absolute Gasteiger partial charge is 0.484 e. The second kappa shape index (κ2) is 6.43. The molecule has 7 heteroatoms. The molecule has 2 aromatic rings. The van der Waals surface area contributed by atoms with Gasteiger partial charge in [0.1, 0.15) is 5.75 Å². The van der Waals surface area contributed by atoms with Gasteiger partial charge in [-0.2, -0.15) is 0 Å². The van der Waals surface area contributed by atoms with Crippen molar-refractivity contribution in [1.82, 2.24) is 5.32 Å². The van der Waals surface area contributed by atoms with E-state index in [0.717, 1.165) is 5.56 Å². The van der Waals surface area contributed by atoms with E-state index in [1.54, 1.807) is 18.2 Å². The van der Waals surface area contributed by atoms with Gasteiger partial charge in [-0.15, -0.1) is 0 Å². The van der Waals surface area contributed by atoms with Crippen molar-refractivity contribution in [3.8, 4) is 28.7 Å². The minimum atomic E-state index is -0.220. The maximum atomic E-state index is 12.1. The van der Waals surface area contributed by atoms with Crippen molar-refractivity contribution in [2.75, 3.05) is 20.2 Å². The summed E-state index contributed by atoms with van der Waals surface area (Å²) in [6.07, 6.45) is 0. The smallest absolute Gasteiger partial charge is 0.258 e. The highest BCUT2D eigenvalue weighted by atomic mass is 16.7. The normalized spacial score (nSPS) is 14.9. The van der Waals surface area contributed by atoms with Crippen LogP contribution in [0.2, 0.25) is 0 Å². The molecule has 0 aromatic heterocycles. The highest BCUT2D eigenvalue weighted by Gasteiger charge is 2.18. The van der Waals surface area contributed by atoms with E-state index in [4.69, 9.17) is 23.7 Å². The fourth-order valence-electron chi connectivity index (χ4n) is 2.66. The van der Waals surface area contributed by atoms with Crippen molar-refractivity contribution in [1.29, 1.82) is 0 Å². The number of nitrogens with one attached hydrogen (secondary N) is 1. The third kappa shape index (κ3) is 3.26. The van der Waals surface area contributed by atoms with Crippen LogP contribution in [0, 0.1) is 0 Å². The SMILES string of the molecule is CC(NC(=O)COc1ccc2c(c1)OCO2)c1ccc2c(c1)OCO2. The topological polar surface area (TPSA) is 75.3 Å².